The van der Waals surface area contributed by atoms with Crippen molar-refractivity contribution < 1.29 is 39.9 Å². The summed E-state index contributed by atoms with van der Waals surface area (Å²) < 4.78 is 121. The molecule has 0 fully saturated rings. The van der Waals surface area contributed by atoms with E-state index in [-0.39, 0.29) is 0 Å². The lowest BCUT2D eigenvalue weighted by molar-refractivity contribution is 0.257. The quantitative estimate of drug-likeness (QED) is 0.286. The SMILES string of the molecule is COc1c(F)c(F)c(F)c(B(C2(F)C=CC=C(F)C2)C2(F)C=CC=C(F)C2)c1F. The first kappa shape index (κ1) is 21.2. The third-order valence-electron chi connectivity index (χ3n) is 4.89. The molecule has 0 aromatic heterocycles. The second-order valence-corrected chi connectivity index (χ2v) is 6.79. The highest BCUT2D eigenvalue weighted by Gasteiger charge is 2.59. The maximum Gasteiger partial charge on any atom is 0.282 e. The van der Waals surface area contributed by atoms with Crippen molar-refractivity contribution in [3.8, 4) is 5.75 Å². The van der Waals surface area contributed by atoms with Gasteiger partial charge in [0.1, 0.15) is 22.8 Å². The number of halogens is 8. The van der Waals surface area contributed by atoms with Crippen molar-refractivity contribution in [3.63, 3.8) is 0 Å². The highest BCUT2D eigenvalue weighted by molar-refractivity contribution is 6.79. The molecule has 2 aliphatic rings. The summed E-state index contributed by atoms with van der Waals surface area (Å²) in [6, 6.07) is 0. The molecule has 10 heteroatoms. The predicted octanol–water partition coefficient (Wildman–Crippen LogP) is 5.08. The molecule has 3 rings (SSSR count). The van der Waals surface area contributed by atoms with Crippen LogP contribution in [0.2, 0.25) is 0 Å². The lowest BCUT2D eigenvalue weighted by Gasteiger charge is -2.39. The fraction of sp³-hybridized carbons (Fsp3) is 0.263. The molecule has 0 N–H and O–H groups in total. The molecule has 0 amide bonds. The van der Waals surface area contributed by atoms with Crippen molar-refractivity contribution in [2.45, 2.75) is 24.0 Å². The third kappa shape index (κ3) is 3.49. The van der Waals surface area contributed by atoms with E-state index >= 15 is 8.78 Å². The smallest absolute Gasteiger partial charge is 0.282 e. The van der Waals surface area contributed by atoms with Gasteiger partial charge in [-0.2, -0.15) is 4.39 Å². The Kier molecular flexibility index (Phi) is 5.40. The van der Waals surface area contributed by atoms with E-state index in [0.29, 0.717) is 12.2 Å². The summed E-state index contributed by atoms with van der Waals surface area (Å²) in [5, 5.41) is 0. The summed E-state index contributed by atoms with van der Waals surface area (Å²) in [7, 11) is 0.736. The number of rotatable bonds is 4. The number of methoxy groups -OCH3 is 1. The van der Waals surface area contributed by atoms with Crippen LogP contribution in [0.25, 0.3) is 0 Å². The fourth-order valence-corrected chi connectivity index (χ4v) is 3.72. The van der Waals surface area contributed by atoms with Crippen LogP contribution in [0.3, 0.4) is 0 Å². The lowest BCUT2D eigenvalue weighted by Crippen LogP contribution is -2.64. The minimum atomic E-state index is -3.13. The Morgan fingerprint density at radius 1 is 0.759 bits per heavy atom. The Morgan fingerprint density at radius 2 is 1.24 bits per heavy atom. The number of ether oxygens (including phenoxy) is 1. The lowest BCUT2D eigenvalue weighted by atomic mass is 9.26. The number of benzene rings is 1. The Bertz CT molecular complexity index is 928. The normalized spacial score (nSPS) is 26.2. The van der Waals surface area contributed by atoms with Gasteiger partial charge in [0.2, 0.25) is 5.82 Å². The van der Waals surface area contributed by atoms with Gasteiger partial charge in [0.15, 0.2) is 23.2 Å². The predicted molar refractivity (Wildman–Crippen MR) is 91.8 cm³/mol. The number of hydrogen-bond acceptors (Lipinski definition) is 1. The van der Waals surface area contributed by atoms with Crippen LogP contribution < -0.4 is 10.2 Å². The molecule has 0 aliphatic heterocycles. The Hall–Kier alpha value is -2.52. The van der Waals surface area contributed by atoms with Crippen molar-refractivity contribution in [3.05, 3.63) is 71.4 Å². The van der Waals surface area contributed by atoms with Crippen LogP contribution in [0.15, 0.2) is 48.1 Å². The van der Waals surface area contributed by atoms with E-state index in [0.717, 1.165) is 31.4 Å². The summed E-state index contributed by atoms with van der Waals surface area (Å²) in [4.78, 5) is 0. The van der Waals surface area contributed by atoms with Crippen LogP contribution in [-0.4, -0.2) is 25.0 Å². The first-order chi connectivity index (χ1) is 13.5. The fourth-order valence-electron chi connectivity index (χ4n) is 3.72. The van der Waals surface area contributed by atoms with E-state index < -0.39 is 76.8 Å². The van der Waals surface area contributed by atoms with Crippen LogP contribution in [0.5, 0.6) is 5.75 Å². The van der Waals surface area contributed by atoms with E-state index in [9.17, 15) is 26.3 Å². The zero-order valence-electron chi connectivity index (χ0n) is 14.9. The van der Waals surface area contributed by atoms with Crippen LogP contribution in [0.4, 0.5) is 35.1 Å². The molecule has 1 nitrogen and oxygen atoms in total. The molecule has 0 bridgehead atoms. The molecule has 0 spiro atoms. The largest absolute Gasteiger partial charge is 0.491 e. The minimum Gasteiger partial charge on any atom is -0.491 e. The molecule has 2 aliphatic carbocycles. The Balaban J connectivity index is 2.33. The zero-order valence-corrected chi connectivity index (χ0v) is 14.9. The third-order valence-corrected chi connectivity index (χ3v) is 4.89. The first-order valence-electron chi connectivity index (χ1n) is 8.39. The molecule has 1 aromatic rings. The molecular weight excluding hydrogens is 407 g/mol. The Labute approximate surface area is 161 Å². The molecule has 0 saturated heterocycles. The highest BCUT2D eigenvalue weighted by Crippen LogP contribution is 2.42. The van der Waals surface area contributed by atoms with Gasteiger partial charge in [0.25, 0.3) is 6.71 Å². The number of hydrogen-bond donors (Lipinski definition) is 0. The van der Waals surface area contributed by atoms with Gasteiger partial charge < -0.3 is 4.74 Å². The van der Waals surface area contributed by atoms with E-state index in [1.165, 1.54) is 0 Å². The van der Waals surface area contributed by atoms with Crippen LogP contribution in [0, 0.1) is 23.3 Å². The summed E-state index contributed by atoms with van der Waals surface area (Å²) in [6.45, 7) is -2.61. The Morgan fingerprint density at radius 3 is 1.66 bits per heavy atom. The molecule has 2 unspecified atom stereocenters. The summed E-state index contributed by atoms with van der Waals surface area (Å²) >= 11 is 0. The maximum atomic E-state index is 15.8. The summed E-state index contributed by atoms with van der Waals surface area (Å²) in [5.41, 5.74) is -7.82. The summed E-state index contributed by atoms with van der Waals surface area (Å²) in [5.74, 6) is -12.0. The summed E-state index contributed by atoms with van der Waals surface area (Å²) in [6.07, 6.45) is 2.35. The van der Waals surface area contributed by atoms with Crippen molar-refractivity contribution in [1.82, 2.24) is 0 Å². The molecule has 154 valence electrons. The maximum absolute atomic E-state index is 15.8. The number of allylic oxidation sites excluding steroid dienone is 8. The van der Waals surface area contributed by atoms with E-state index in [1.807, 2.05) is 0 Å². The van der Waals surface area contributed by atoms with E-state index in [4.69, 9.17) is 0 Å². The van der Waals surface area contributed by atoms with E-state index in [1.54, 1.807) is 0 Å². The molecule has 1 aromatic carbocycles. The standard InChI is InChI=1S/C19H13BF8O/c1-29-17-14(24)12(13(23)15(25)16(17)26)20(18(27)6-2-4-10(21)8-18)19(28)7-3-5-11(22)9-19/h2-7H,8-9H2,1H3. The van der Waals surface area contributed by atoms with Crippen molar-refractivity contribution in [2.75, 3.05) is 7.11 Å². The molecule has 0 radical (unpaired) electrons. The number of alkyl halides is 2. The molecule has 0 saturated carbocycles. The van der Waals surface area contributed by atoms with Crippen molar-refractivity contribution >= 4 is 12.2 Å². The van der Waals surface area contributed by atoms with Crippen molar-refractivity contribution in [2.24, 2.45) is 0 Å². The van der Waals surface area contributed by atoms with Gasteiger partial charge in [0, 0.05) is 18.3 Å². The monoisotopic (exact) mass is 420 g/mol. The molecular formula is C19H13BF8O. The molecule has 29 heavy (non-hydrogen) atoms. The topological polar surface area (TPSA) is 9.23 Å². The molecule has 0 heterocycles. The van der Waals surface area contributed by atoms with Gasteiger partial charge in [0.05, 0.1) is 7.11 Å². The zero-order chi connectivity index (χ0) is 21.6. The molecule has 2 atom stereocenters. The first-order valence-corrected chi connectivity index (χ1v) is 8.39. The van der Waals surface area contributed by atoms with Crippen molar-refractivity contribution in [1.29, 1.82) is 0 Å². The second-order valence-electron chi connectivity index (χ2n) is 6.79. The minimum absolute atomic E-state index is 0.638. The van der Waals surface area contributed by atoms with Crippen LogP contribution >= 0.6 is 0 Å². The van der Waals surface area contributed by atoms with Gasteiger partial charge in [-0.05, 0) is 12.2 Å². The van der Waals surface area contributed by atoms with E-state index in [2.05, 4.69) is 4.74 Å². The van der Waals surface area contributed by atoms with Gasteiger partial charge in [-0.3, -0.25) is 0 Å². The highest BCUT2D eigenvalue weighted by atomic mass is 19.2. The van der Waals surface area contributed by atoms with Crippen LogP contribution in [-0.2, 0) is 0 Å². The average Bonchev–Trinajstić information content (AvgIpc) is 2.63. The average molecular weight is 420 g/mol. The van der Waals surface area contributed by atoms with Gasteiger partial charge in [-0.25, -0.2) is 30.7 Å². The van der Waals surface area contributed by atoms with Gasteiger partial charge in [-0.1, -0.05) is 24.3 Å². The second kappa shape index (κ2) is 7.38. The van der Waals surface area contributed by atoms with Crippen LogP contribution in [0.1, 0.15) is 12.8 Å². The van der Waals surface area contributed by atoms with Gasteiger partial charge in [-0.15, -0.1) is 0 Å². The van der Waals surface area contributed by atoms with Gasteiger partial charge >= 0.3 is 0 Å².